The fraction of sp³-hybridized carbons (Fsp3) is 1.00. The lowest BCUT2D eigenvalue weighted by Gasteiger charge is -2.09. The molecule has 1 aliphatic heterocycles. The largest absolute Gasteiger partial charge is 0.394 e. The third kappa shape index (κ3) is 1.14. The maximum Gasteiger partial charge on any atom is 0.184 e. The molecule has 5 heteroatoms. The van der Waals surface area contributed by atoms with Gasteiger partial charge in [0.25, 0.3) is 0 Å². The predicted octanol–water partition coefficient (Wildman–Crippen LogP) is -2.58. The summed E-state index contributed by atoms with van der Waals surface area (Å²) in [6, 6.07) is 0. The highest BCUT2D eigenvalue weighted by Crippen LogP contribution is 2.18. The number of ether oxygens (including phenoxy) is 1. The van der Waals surface area contributed by atoms with Crippen LogP contribution in [0.15, 0.2) is 0 Å². The monoisotopic (exact) mass is 152 g/mol. The third-order valence-electron chi connectivity index (χ3n) is 1.52. The first kappa shape index (κ1) is 7.90. The van der Waals surface area contributed by atoms with E-state index in [4.69, 9.17) is 20.4 Å². The van der Waals surface area contributed by atoms with Gasteiger partial charge in [0.05, 0.1) is 6.61 Å². The van der Waals surface area contributed by atoms with E-state index >= 15 is 0 Å². The zero-order chi connectivity index (χ0) is 7.72. The average Bonchev–Trinajstić information content (AvgIpc) is 2.17. The lowest BCUT2D eigenvalue weighted by atomic mass is 10.2. The predicted molar refractivity (Wildman–Crippen MR) is 30.0 cm³/mol. The summed E-state index contributed by atoms with van der Waals surface area (Å²) < 4.78 is 4.54. The second kappa shape index (κ2) is 2.81. The highest BCUT2D eigenvalue weighted by molar-refractivity contribution is 4.84. The molecule has 4 atom stereocenters. The molecular formula is C5H10O5. The molecule has 0 spiro atoms. The Bertz CT molecular complexity index is 117. The molecule has 4 N–H and O–H groups in total. The number of aliphatic hydroxyl groups is 4. The van der Waals surface area contributed by atoms with Crippen molar-refractivity contribution < 1.29 is 25.2 Å². The van der Waals surface area contributed by atoms with Gasteiger partial charge < -0.3 is 25.2 Å². The summed E-state index contributed by atoms with van der Waals surface area (Å²) in [5.41, 5.74) is 0. The minimum atomic E-state index is -1.38. The summed E-state index contributed by atoms with van der Waals surface area (Å²) in [5, 5.41) is 35.0. The van der Waals surface area contributed by atoms with E-state index in [-0.39, 0.29) is 0 Å². The molecule has 1 fully saturated rings. The number of hydrogen-bond donors (Lipinski definition) is 4. The van der Waals surface area contributed by atoms with Crippen LogP contribution in [0, 0.1) is 0 Å². The Morgan fingerprint density at radius 3 is 1.90 bits per heavy atom. The van der Waals surface area contributed by atoms with Crippen molar-refractivity contribution in [3.05, 3.63) is 0 Å². The molecule has 10 heavy (non-hydrogen) atoms. The molecule has 0 saturated carbocycles. The minimum absolute atomic E-state index is 0.407. The van der Waals surface area contributed by atoms with Crippen LogP contribution in [0.1, 0.15) is 0 Å². The Labute approximate surface area is 57.5 Å². The highest BCUT2D eigenvalue weighted by Gasteiger charge is 2.41. The van der Waals surface area contributed by atoms with Crippen LogP contribution in [0.5, 0.6) is 0 Å². The SMILES string of the molecule is O[13CH2][C@H]1O[13CH](O)[C@H](O)[C@@H]1O. The molecule has 0 amide bonds. The van der Waals surface area contributed by atoms with E-state index in [2.05, 4.69) is 4.74 Å². The minimum Gasteiger partial charge on any atom is -0.394 e. The van der Waals surface area contributed by atoms with Crippen LogP contribution >= 0.6 is 0 Å². The second-order valence-electron chi connectivity index (χ2n) is 2.23. The Morgan fingerprint density at radius 2 is 1.70 bits per heavy atom. The van der Waals surface area contributed by atoms with Crippen LogP contribution in [0.4, 0.5) is 0 Å². The summed E-state index contributed by atoms with van der Waals surface area (Å²) in [6.07, 6.45) is -4.76. The lowest BCUT2D eigenvalue weighted by molar-refractivity contribution is -0.132. The molecule has 60 valence electrons. The van der Waals surface area contributed by atoms with Gasteiger partial charge in [0, 0.05) is 0 Å². The summed E-state index contributed by atoms with van der Waals surface area (Å²) >= 11 is 0. The van der Waals surface area contributed by atoms with E-state index in [0.29, 0.717) is 0 Å². The first-order chi connectivity index (χ1) is 4.66. The molecule has 0 bridgehead atoms. The fourth-order valence-electron chi connectivity index (χ4n) is 0.880. The van der Waals surface area contributed by atoms with Crippen molar-refractivity contribution in [2.45, 2.75) is 24.6 Å². The second-order valence-corrected chi connectivity index (χ2v) is 2.23. The van der Waals surface area contributed by atoms with Gasteiger partial charge >= 0.3 is 0 Å². The highest BCUT2D eigenvalue weighted by atomic mass is 16.8. The smallest absolute Gasteiger partial charge is 0.184 e. The van der Waals surface area contributed by atoms with Gasteiger partial charge in [-0.1, -0.05) is 0 Å². The normalized spacial score (nSPS) is 48.0. The van der Waals surface area contributed by atoms with Gasteiger partial charge in [-0.3, -0.25) is 0 Å². The topological polar surface area (TPSA) is 90.2 Å². The summed E-state index contributed by atoms with van der Waals surface area (Å²) in [6.45, 7) is -0.407. The Balaban J connectivity index is 2.53. The van der Waals surface area contributed by atoms with Crippen molar-refractivity contribution in [1.29, 1.82) is 0 Å². The van der Waals surface area contributed by atoms with Crippen LogP contribution in [-0.4, -0.2) is 51.6 Å². The quantitative estimate of drug-likeness (QED) is 0.310. The molecule has 0 aromatic heterocycles. The number of hydrogen-bond acceptors (Lipinski definition) is 5. The van der Waals surface area contributed by atoms with Gasteiger partial charge in [-0.2, -0.15) is 0 Å². The van der Waals surface area contributed by atoms with Crippen LogP contribution in [0.25, 0.3) is 0 Å². The van der Waals surface area contributed by atoms with E-state index in [1.54, 1.807) is 0 Å². The molecule has 1 unspecified atom stereocenters. The van der Waals surface area contributed by atoms with Gasteiger partial charge in [0.1, 0.15) is 18.3 Å². The Hall–Kier alpha value is -0.200. The fourth-order valence-corrected chi connectivity index (χ4v) is 0.880. The van der Waals surface area contributed by atoms with E-state index in [0.717, 1.165) is 0 Å². The molecule has 1 aliphatic rings. The Morgan fingerprint density at radius 1 is 1.10 bits per heavy atom. The zero-order valence-corrected chi connectivity index (χ0v) is 5.21. The summed E-state index contributed by atoms with van der Waals surface area (Å²) in [5.74, 6) is 0. The number of rotatable bonds is 1. The summed E-state index contributed by atoms with van der Waals surface area (Å²) in [4.78, 5) is 0. The van der Waals surface area contributed by atoms with Crippen molar-refractivity contribution in [2.75, 3.05) is 6.61 Å². The molecule has 1 heterocycles. The standard InChI is InChI=1S/C5H10O5/c6-1-2-3(7)4(8)5(9)10-2/h2-9H,1H2/t2-,3-,4-,5?/m1/s1/i1+1,5+1. The first-order valence-corrected chi connectivity index (χ1v) is 2.97. The Kier molecular flexibility index (Phi) is 2.22. The van der Waals surface area contributed by atoms with Crippen LogP contribution in [0.2, 0.25) is 0 Å². The molecule has 0 aliphatic carbocycles. The molecule has 5 nitrogen and oxygen atoms in total. The van der Waals surface area contributed by atoms with Crippen LogP contribution < -0.4 is 0 Å². The first-order valence-electron chi connectivity index (χ1n) is 2.97. The van der Waals surface area contributed by atoms with Crippen LogP contribution in [0.3, 0.4) is 0 Å². The van der Waals surface area contributed by atoms with E-state index < -0.39 is 31.2 Å². The van der Waals surface area contributed by atoms with Crippen molar-refractivity contribution in [1.82, 2.24) is 0 Å². The van der Waals surface area contributed by atoms with Crippen molar-refractivity contribution in [2.24, 2.45) is 0 Å². The molecule has 0 aromatic rings. The molecule has 0 radical (unpaired) electrons. The van der Waals surface area contributed by atoms with Gasteiger partial charge in [0.2, 0.25) is 0 Å². The van der Waals surface area contributed by atoms with Gasteiger partial charge in [-0.05, 0) is 0 Å². The lowest BCUT2D eigenvalue weighted by Crippen LogP contribution is -2.33. The van der Waals surface area contributed by atoms with Gasteiger partial charge in [-0.25, -0.2) is 0 Å². The molecule has 1 saturated heterocycles. The van der Waals surface area contributed by atoms with E-state index in [1.165, 1.54) is 0 Å². The van der Waals surface area contributed by atoms with E-state index in [1.807, 2.05) is 0 Å². The van der Waals surface area contributed by atoms with Crippen molar-refractivity contribution in [3.63, 3.8) is 0 Å². The maximum atomic E-state index is 8.93. The van der Waals surface area contributed by atoms with Crippen molar-refractivity contribution >= 4 is 0 Å². The van der Waals surface area contributed by atoms with Crippen molar-refractivity contribution in [3.8, 4) is 0 Å². The molecule has 1 rings (SSSR count). The average molecular weight is 152 g/mol. The third-order valence-corrected chi connectivity index (χ3v) is 1.52. The molecule has 0 aromatic carbocycles. The number of aliphatic hydroxyl groups excluding tert-OH is 4. The van der Waals surface area contributed by atoms with E-state index in [9.17, 15) is 0 Å². The zero-order valence-electron chi connectivity index (χ0n) is 5.21. The molecular weight excluding hydrogens is 142 g/mol. The van der Waals surface area contributed by atoms with Gasteiger partial charge in [0.15, 0.2) is 6.29 Å². The van der Waals surface area contributed by atoms with Gasteiger partial charge in [-0.15, -0.1) is 0 Å². The summed E-state index contributed by atoms with van der Waals surface area (Å²) in [7, 11) is 0. The maximum absolute atomic E-state index is 8.93. The van der Waals surface area contributed by atoms with Crippen LogP contribution in [-0.2, 0) is 4.74 Å².